The summed E-state index contributed by atoms with van der Waals surface area (Å²) in [6, 6.07) is 11.5. The van der Waals surface area contributed by atoms with Gasteiger partial charge >= 0.3 is 42.1 Å². The van der Waals surface area contributed by atoms with Crippen LogP contribution in [0.1, 0.15) is 16.7 Å². The Hall–Kier alpha value is -1.84. The van der Waals surface area contributed by atoms with E-state index in [0.717, 1.165) is 16.7 Å². The Morgan fingerprint density at radius 2 is 0.714 bits per heavy atom. The molecule has 0 atom stereocenters. The summed E-state index contributed by atoms with van der Waals surface area (Å²) >= 11 is -1.75. The van der Waals surface area contributed by atoms with Crippen LogP contribution in [-0.2, 0) is 13.0 Å². The van der Waals surface area contributed by atoms with Crippen LogP contribution in [0.4, 0.5) is 0 Å². The van der Waals surface area contributed by atoms with Gasteiger partial charge in [-0.25, -0.2) is 0 Å². The summed E-state index contributed by atoms with van der Waals surface area (Å²) in [5.41, 5.74) is 3.33. The van der Waals surface area contributed by atoms with E-state index < -0.39 is 13.0 Å². The number of halogens is 3. The van der Waals surface area contributed by atoms with Crippen molar-refractivity contribution in [3.63, 3.8) is 0 Å². The first-order chi connectivity index (χ1) is 13.5. The van der Waals surface area contributed by atoms with E-state index in [-0.39, 0.29) is 0 Å². The van der Waals surface area contributed by atoms with E-state index >= 15 is 0 Å². The molecule has 0 radical (unpaired) electrons. The minimum absolute atomic E-state index is 1.11. The molecule has 3 heterocycles. The molecule has 149 valence electrons. The zero-order valence-corrected chi connectivity index (χ0v) is 19.1. The Bertz CT molecular complexity index is 665. The first-order valence-electron chi connectivity index (χ1n) is 7.77. The van der Waals surface area contributed by atoms with Crippen molar-refractivity contribution in [2.75, 3.05) is 0 Å². The topological polar surface area (TPSA) is 38.7 Å². The molecular weight excluding hydrogens is 502 g/mol. The second-order valence-electron chi connectivity index (χ2n) is 4.61. The number of rotatable bonds is 3. The molecule has 28 heavy (non-hydrogen) atoms. The van der Waals surface area contributed by atoms with Crippen LogP contribution < -0.4 is 0 Å². The molecule has 0 aliphatic carbocycles. The number of pyridine rings is 3. The van der Waals surface area contributed by atoms with Crippen LogP contribution >= 0.6 is 29.1 Å². The fourth-order valence-corrected chi connectivity index (χ4v) is 1.50. The average Bonchev–Trinajstić information content (AvgIpc) is 2.76. The molecule has 0 saturated heterocycles. The molecule has 3 rings (SSSR count). The maximum atomic E-state index is 4.95. The molecule has 3 aromatic rings. The first-order valence-corrected chi connectivity index (χ1v) is 14.5. The summed E-state index contributed by atoms with van der Waals surface area (Å²) in [5.74, 6) is 0. The van der Waals surface area contributed by atoms with Crippen molar-refractivity contribution in [1.82, 2.24) is 15.0 Å². The quantitative estimate of drug-likeness (QED) is 0.340. The van der Waals surface area contributed by atoms with E-state index in [1.54, 1.807) is 55.4 Å². The molecule has 0 aliphatic rings. The van der Waals surface area contributed by atoms with Crippen LogP contribution in [0.3, 0.4) is 0 Å². The van der Waals surface area contributed by atoms with Crippen molar-refractivity contribution >= 4 is 47.3 Å². The van der Waals surface area contributed by atoms with E-state index in [1.807, 2.05) is 36.4 Å². The number of nitrogens with zero attached hydrogens (tertiary/aromatic N) is 3. The Kier molecular flexibility index (Phi) is 17.3. The normalized spacial score (nSPS) is 8.89. The van der Waals surface area contributed by atoms with Gasteiger partial charge in [-0.05, 0) is 53.1 Å². The molecule has 0 spiro atoms. The number of hydrogen-bond donors (Lipinski definition) is 0. The van der Waals surface area contributed by atoms with Gasteiger partial charge in [0.2, 0.25) is 0 Å². The maximum absolute atomic E-state index is 4.95. The summed E-state index contributed by atoms with van der Waals surface area (Å²) in [6.45, 7) is 10.8. The van der Waals surface area contributed by atoms with E-state index in [9.17, 15) is 0 Å². The predicted octanol–water partition coefficient (Wildman–Crippen LogP) is 7.24. The molecule has 0 amide bonds. The van der Waals surface area contributed by atoms with E-state index in [0.29, 0.717) is 0 Å². The van der Waals surface area contributed by atoms with Gasteiger partial charge in [0.25, 0.3) is 0 Å². The van der Waals surface area contributed by atoms with Gasteiger partial charge in [0, 0.05) is 37.2 Å². The van der Waals surface area contributed by atoms with E-state index in [4.69, 9.17) is 29.1 Å². The van der Waals surface area contributed by atoms with Gasteiger partial charge in [-0.1, -0.05) is 38.0 Å². The van der Waals surface area contributed by atoms with Gasteiger partial charge in [0.1, 0.15) is 0 Å². The van der Waals surface area contributed by atoms with Gasteiger partial charge in [-0.3, -0.25) is 15.0 Å². The molecular formula is C21H21Cl3N3Ru. The first kappa shape index (κ1) is 26.2. The van der Waals surface area contributed by atoms with E-state index in [1.165, 1.54) is 0 Å². The van der Waals surface area contributed by atoms with Crippen molar-refractivity contribution in [1.29, 1.82) is 0 Å². The monoisotopic (exact) mass is 522 g/mol. The zero-order valence-electron chi connectivity index (χ0n) is 15.1. The van der Waals surface area contributed by atoms with Gasteiger partial charge in [0.05, 0.1) is 0 Å². The zero-order chi connectivity index (χ0) is 21.0. The second kappa shape index (κ2) is 18.5. The molecule has 0 fully saturated rings. The number of aromatic nitrogens is 3. The van der Waals surface area contributed by atoms with Crippen LogP contribution in [0.2, 0.25) is 0 Å². The van der Waals surface area contributed by atoms with Gasteiger partial charge < -0.3 is 0 Å². The molecule has 7 heteroatoms. The van der Waals surface area contributed by atoms with Gasteiger partial charge in [-0.15, -0.1) is 0 Å². The van der Waals surface area contributed by atoms with Gasteiger partial charge in [-0.2, -0.15) is 0 Å². The van der Waals surface area contributed by atoms with Crippen LogP contribution in [0, 0.1) is 0 Å². The average molecular weight is 523 g/mol. The Balaban J connectivity index is 0.000000358. The van der Waals surface area contributed by atoms with Crippen molar-refractivity contribution in [2.24, 2.45) is 0 Å². The van der Waals surface area contributed by atoms with Crippen LogP contribution in [0.25, 0.3) is 18.2 Å². The summed E-state index contributed by atoms with van der Waals surface area (Å²) in [7, 11) is 14.8. The fourth-order valence-electron chi connectivity index (χ4n) is 1.50. The molecule has 0 bridgehead atoms. The molecule has 0 unspecified atom stereocenters. The van der Waals surface area contributed by atoms with Gasteiger partial charge in [0.15, 0.2) is 0 Å². The van der Waals surface area contributed by atoms with Crippen molar-refractivity contribution in [3.05, 3.63) is 110 Å². The summed E-state index contributed by atoms with van der Waals surface area (Å²) in [5, 5.41) is 0. The second-order valence-corrected chi connectivity index (χ2v) is 12.5. The van der Waals surface area contributed by atoms with Crippen molar-refractivity contribution < 1.29 is 13.0 Å². The molecule has 0 N–H and O–H groups in total. The standard InChI is InChI=1S/3C7H7N.3ClH.Ru/c3*1-2-7-3-5-8-6-4-7;;;;/h3*2-6H,1H2;3*1H;/q;;;;;;+3/p-3. The molecule has 0 aliphatic heterocycles. The summed E-state index contributed by atoms with van der Waals surface area (Å²) < 4.78 is 0. The summed E-state index contributed by atoms with van der Waals surface area (Å²) in [4.78, 5) is 11.5. The molecule has 3 nitrogen and oxygen atoms in total. The molecule has 0 saturated carbocycles. The number of hydrogen-bond acceptors (Lipinski definition) is 3. The van der Waals surface area contributed by atoms with Crippen molar-refractivity contribution in [3.8, 4) is 0 Å². The van der Waals surface area contributed by atoms with Crippen LogP contribution in [-0.4, -0.2) is 15.0 Å². The van der Waals surface area contributed by atoms with Crippen molar-refractivity contribution in [2.45, 2.75) is 0 Å². The summed E-state index contributed by atoms with van der Waals surface area (Å²) in [6.07, 6.45) is 15.9. The third-order valence-corrected chi connectivity index (χ3v) is 2.83. The van der Waals surface area contributed by atoms with Crippen LogP contribution in [0.5, 0.6) is 0 Å². The third kappa shape index (κ3) is 16.3. The Labute approximate surface area is 184 Å². The SMILES string of the molecule is C=Cc1ccncc1.C=Cc1ccncc1.C=Cc1ccncc1.[Cl][Ru]([Cl])[Cl]. The third-order valence-electron chi connectivity index (χ3n) is 2.83. The Morgan fingerprint density at radius 3 is 0.821 bits per heavy atom. The molecule has 0 aromatic carbocycles. The molecule has 3 aromatic heterocycles. The van der Waals surface area contributed by atoms with Crippen LogP contribution in [0.15, 0.2) is 93.3 Å². The minimum atomic E-state index is -1.75. The predicted molar refractivity (Wildman–Crippen MR) is 121 cm³/mol. The Morgan fingerprint density at radius 1 is 0.536 bits per heavy atom. The fraction of sp³-hybridized carbons (Fsp3) is 0. The van der Waals surface area contributed by atoms with E-state index in [2.05, 4.69) is 34.7 Å².